The van der Waals surface area contributed by atoms with E-state index in [2.05, 4.69) is 15.5 Å². The zero-order valence-corrected chi connectivity index (χ0v) is 18.6. The molecule has 1 fully saturated rings. The Morgan fingerprint density at radius 1 is 1.03 bits per heavy atom. The summed E-state index contributed by atoms with van der Waals surface area (Å²) in [4.78, 5) is 12.9. The van der Waals surface area contributed by atoms with E-state index in [1.165, 1.54) is 39.9 Å². The summed E-state index contributed by atoms with van der Waals surface area (Å²) < 4.78 is 27.2. The fourth-order valence-corrected chi connectivity index (χ4v) is 5.86. The van der Waals surface area contributed by atoms with Crippen molar-refractivity contribution in [1.82, 2.24) is 14.5 Å². The highest BCUT2D eigenvalue weighted by Gasteiger charge is 2.39. The molecule has 4 rings (SSSR count). The molecule has 1 N–H and O–H groups in total. The monoisotopic (exact) mass is 482 g/mol. The van der Waals surface area contributed by atoms with Crippen molar-refractivity contribution in [3.8, 4) is 10.6 Å². The Morgan fingerprint density at radius 2 is 1.67 bits per heavy atom. The Balaban J connectivity index is 1.50. The number of aromatic nitrogens is 2. The predicted octanol–water partition coefficient (Wildman–Crippen LogP) is 4.30. The summed E-state index contributed by atoms with van der Waals surface area (Å²) in [5.74, 6) is -0.427. The van der Waals surface area contributed by atoms with E-state index in [1.807, 2.05) is 12.1 Å². The zero-order valence-electron chi connectivity index (χ0n) is 15.5. The molecule has 2 aromatic carbocycles. The van der Waals surface area contributed by atoms with Crippen LogP contribution in [-0.2, 0) is 14.8 Å². The highest BCUT2D eigenvalue weighted by molar-refractivity contribution is 7.89. The number of nitrogens with zero attached hydrogens (tertiary/aromatic N) is 3. The number of benzene rings is 2. The van der Waals surface area contributed by atoms with Crippen molar-refractivity contribution < 1.29 is 13.2 Å². The second kappa shape index (κ2) is 8.60. The highest BCUT2D eigenvalue weighted by atomic mass is 35.5. The van der Waals surface area contributed by atoms with Gasteiger partial charge in [0.2, 0.25) is 21.1 Å². The standard InChI is InChI=1S/C19H16Cl2N4O3S2/c20-13-5-3-12(4-6-13)18-23-24-19(29-18)22-17(26)16-2-1-11-25(16)30(27,28)15-9-7-14(21)8-10-15/h3-10,16H,1-2,11H2,(H,22,24,26)/t16-/m0/s1. The molecule has 11 heteroatoms. The van der Waals surface area contributed by atoms with Crippen LogP contribution >= 0.6 is 34.5 Å². The number of amides is 1. The third kappa shape index (κ3) is 4.35. The molecule has 0 radical (unpaired) electrons. The van der Waals surface area contributed by atoms with Gasteiger partial charge in [0.1, 0.15) is 11.0 Å². The lowest BCUT2D eigenvalue weighted by atomic mass is 10.2. The molecule has 1 aromatic heterocycles. The van der Waals surface area contributed by atoms with E-state index in [4.69, 9.17) is 23.2 Å². The molecule has 3 aromatic rings. The van der Waals surface area contributed by atoms with E-state index in [1.54, 1.807) is 12.1 Å². The Hall–Kier alpha value is -2.04. The summed E-state index contributed by atoms with van der Waals surface area (Å²) >= 11 is 13.0. The van der Waals surface area contributed by atoms with Crippen LogP contribution in [0.25, 0.3) is 10.6 Å². The number of hydrogen-bond donors (Lipinski definition) is 1. The lowest BCUT2D eigenvalue weighted by Gasteiger charge is -2.23. The Morgan fingerprint density at radius 3 is 2.33 bits per heavy atom. The zero-order chi connectivity index (χ0) is 21.3. The molecule has 0 bridgehead atoms. The number of hydrogen-bond acceptors (Lipinski definition) is 6. The minimum absolute atomic E-state index is 0.104. The number of carbonyl (C=O) groups is 1. The molecule has 1 aliphatic rings. The third-order valence-electron chi connectivity index (χ3n) is 4.67. The van der Waals surface area contributed by atoms with Crippen molar-refractivity contribution in [3.05, 3.63) is 58.6 Å². The van der Waals surface area contributed by atoms with Gasteiger partial charge in [0.25, 0.3) is 0 Å². The fourth-order valence-electron chi connectivity index (χ4n) is 3.20. The second-order valence-corrected chi connectivity index (χ2v) is 10.4. The van der Waals surface area contributed by atoms with Gasteiger partial charge in [0, 0.05) is 22.2 Å². The van der Waals surface area contributed by atoms with Gasteiger partial charge in [-0.1, -0.05) is 46.7 Å². The Kier molecular flexibility index (Phi) is 6.08. The van der Waals surface area contributed by atoms with Crippen LogP contribution in [0.5, 0.6) is 0 Å². The minimum Gasteiger partial charge on any atom is -0.299 e. The molecule has 1 atom stereocenters. The van der Waals surface area contributed by atoms with Crippen molar-refractivity contribution in [2.45, 2.75) is 23.8 Å². The Bertz CT molecular complexity index is 1170. The topological polar surface area (TPSA) is 92.3 Å². The van der Waals surface area contributed by atoms with Gasteiger partial charge in [0.15, 0.2) is 0 Å². The van der Waals surface area contributed by atoms with Crippen molar-refractivity contribution >= 4 is 55.6 Å². The van der Waals surface area contributed by atoms with Crippen molar-refractivity contribution in [3.63, 3.8) is 0 Å². The predicted molar refractivity (Wildman–Crippen MR) is 117 cm³/mol. The average Bonchev–Trinajstić information content (AvgIpc) is 3.39. The van der Waals surface area contributed by atoms with E-state index in [9.17, 15) is 13.2 Å². The molecule has 1 aliphatic heterocycles. The van der Waals surface area contributed by atoms with Gasteiger partial charge < -0.3 is 0 Å². The van der Waals surface area contributed by atoms with E-state index >= 15 is 0 Å². The molecular formula is C19H16Cl2N4O3S2. The first kappa shape index (κ1) is 21.2. The maximum atomic E-state index is 13.0. The van der Waals surface area contributed by atoms with E-state index in [0.29, 0.717) is 33.0 Å². The Labute approximate surface area is 187 Å². The van der Waals surface area contributed by atoms with Crippen LogP contribution in [0.4, 0.5) is 5.13 Å². The lowest BCUT2D eigenvalue weighted by molar-refractivity contribution is -0.119. The maximum absolute atomic E-state index is 13.0. The smallest absolute Gasteiger partial charge is 0.244 e. The number of halogens is 2. The van der Waals surface area contributed by atoms with Gasteiger partial charge in [0.05, 0.1) is 4.90 Å². The molecular weight excluding hydrogens is 467 g/mol. The summed E-state index contributed by atoms with van der Waals surface area (Å²) in [5, 5.41) is 12.8. The molecule has 0 unspecified atom stereocenters. The molecule has 0 aliphatic carbocycles. The molecule has 1 saturated heterocycles. The number of sulfonamides is 1. The average molecular weight is 483 g/mol. The largest absolute Gasteiger partial charge is 0.299 e. The molecule has 1 amide bonds. The molecule has 2 heterocycles. The van der Waals surface area contributed by atoms with E-state index < -0.39 is 22.0 Å². The summed E-state index contributed by atoms with van der Waals surface area (Å²) in [5.41, 5.74) is 0.824. The van der Waals surface area contributed by atoms with Crippen molar-refractivity contribution in [2.24, 2.45) is 0 Å². The number of carbonyl (C=O) groups excluding carboxylic acids is 1. The van der Waals surface area contributed by atoms with E-state index in [-0.39, 0.29) is 11.4 Å². The number of nitrogens with one attached hydrogen (secondary N) is 1. The molecule has 0 spiro atoms. The summed E-state index contributed by atoms with van der Waals surface area (Å²) in [7, 11) is -3.82. The quantitative estimate of drug-likeness (QED) is 0.584. The lowest BCUT2D eigenvalue weighted by Crippen LogP contribution is -2.43. The van der Waals surface area contributed by atoms with Crippen LogP contribution in [0.1, 0.15) is 12.8 Å². The molecule has 30 heavy (non-hydrogen) atoms. The number of anilines is 1. The van der Waals surface area contributed by atoms with Crippen LogP contribution in [0.15, 0.2) is 53.4 Å². The van der Waals surface area contributed by atoms with Crippen molar-refractivity contribution in [1.29, 1.82) is 0 Å². The van der Waals surface area contributed by atoms with Gasteiger partial charge in [-0.2, -0.15) is 4.31 Å². The SMILES string of the molecule is O=C(Nc1nnc(-c2ccc(Cl)cc2)s1)[C@@H]1CCCN1S(=O)(=O)c1ccc(Cl)cc1. The summed E-state index contributed by atoms with van der Waals surface area (Å²) in [6.07, 6.45) is 1.03. The summed E-state index contributed by atoms with van der Waals surface area (Å²) in [6.45, 7) is 0.273. The van der Waals surface area contributed by atoms with Gasteiger partial charge in [-0.05, 0) is 49.2 Å². The van der Waals surface area contributed by atoms with Crippen LogP contribution < -0.4 is 5.32 Å². The van der Waals surface area contributed by atoms with Crippen LogP contribution in [-0.4, -0.2) is 41.4 Å². The van der Waals surface area contributed by atoms with Crippen molar-refractivity contribution in [2.75, 3.05) is 11.9 Å². The first-order valence-corrected chi connectivity index (χ1v) is 12.0. The first-order valence-electron chi connectivity index (χ1n) is 9.02. The minimum atomic E-state index is -3.82. The van der Waals surface area contributed by atoms with Gasteiger partial charge in [-0.3, -0.25) is 10.1 Å². The number of rotatable bonds is 5. The van der Waals surface area contributed by atoms with Crippen LogP contribution in [0.3, 0.4) is 0 Å². The maximum Gasteiger partial charge on any atom is 0.244 e. The van der Waals surface area contributed by atoms with Crippen LogP contribution in [0, 0.1) is 0 Å². The van der Waals surface area contributed by atoms with Gasteiger partial charge in [-0.25, -0.2) is 8.42 Å². The summed E-state index contributed by atoms with van der Waals surface area (Å²) in [6, 6.07) is 12.2. The molecule has 7 nitrogen and oxygen atoms in total. The van der Waals surface area contributed by atoms with Gasteiger partial charge in [-0.15, -0.1) is 10.2 Å². The first-order chi connectivity index (χ1) is 14.3. The normalized spacial score (nSPS) is 17.2. The van der Waals surface area contributed by atoms with Gasteiger partial charge >= 0.3 is 0 Å². The van der Waals surface area contributed by atoms with E-state index in [0.717, 1.165) is 5.56 Å². The highest BCUT2D eigenvalue weighted by Crippen LogP contribution is 2.30. The molecule has 156 valence electrons. The second-order valence-electron chi connectivity index (χ2n) is 6.64. The molecule has 0 saturated carbocycles. The fraction of sp³-hybridized carbons (Fsp3) is 0.211. The van der Waals surface area contributed by atoms with Crippen LogP contribution in [0.2, 0.25) is 10.0 Å². The third-order valence-corrected chi connectivity index (χ3v) is 7.99.